The number of ether oxygens (including phenoxy) is 2. The first-order valence-corrected chi connectivity index (χ1v) is 7.13. The maximum Gasteiger partial charge on any atom is 0.153 e. The van der Waals surface area contributed by atoms with Gasteiger partial charge in [0.2, 0.25) is 0 Å². The van der Waals surface area contributed by atoms with E-state index in [9.17, 15) is 4.79 Å². The van der Waals surface area contributed by atoms with Gasteiger partial charge in [0.15, 0.2) is 6.29 Å². The van der Waals surface area contributed by atoms with Crippen molar-refractivity contribution < 1.29 is 14.3 Å². The van der Waals surface area contributed by atoms with E-state index >= 15 is 0 Å². The first-order valence-electron chi connectivity index (χ1n) is 7.13. The van der Waals surface area contributed by atoms with E-state index in [0.29, 0.717) is 24.5 Å². The smallest absolute Gasteiger partial charge is 0.153 e. The highest BCUT2D eigenvalue weighted by atomic mass is 16.5. The molecule has 0 aliphatic heterocycles. The Morgan fingerprint density at radius 3 is 2.67 bits per heavy atom. The Hall–Kier alpha value is -2.29. The van der Waals surface area contributed by atoms with Crippen molar-refractivity contribution in [1.29, 1.82) is 0 Å². The molecule has 0 fully saturated rings. The van der Waals surface area contributed by atoms with Crippen LogP contribution in [-0.4, -0.2) is 12.9 Å². The summed E-state index contributed by atoms with van der Waals surface area (Å²) in [6.45, 7) is 5.17. The Labute approximate surface area is 125 Å². The second-order valence-corrected chi connectivity index (χ2v) is 4.94. The minimum Gasteiger partial charge on any atom is -0.493 e. The number of hydrogen-bond acceptors (Lipinski definition) is 3. The summed E-state index contributed by atoms with van der Waals surface area (Å²) in [5.41, 5.74) is 2.80. The fourth-order valence-electron chi connectivity index (χ4n) is 2.01. The second kappa shape index (κ2) is 7.48. The Morgan fingerprint density at radius 1 is 1.10 bits per heavy atom. The number of rotatable bonds is 7. The molecule has 0 spiro atoms. The molecule has 0 aliphatic carbocycles. The second-order valence-electron chi connectivity index (χ2n) is 4.94. The van der Waals surface area contributed by atoms with Gasteiger partial charge in [0.25, 0.3) is 0 Å². The molecule has 3 nitrogen and oxygen atoms in total. The quantitative estimate of drug-likeness (QED) is 0.716. The molecule has 0 aromatic heterocycles. The van der Waals surface area contributed by atoms with Crippen molar-refractivity contribution in [2.45, 2.75) is 26.9 Å². The molecule has 0 unspecified atom stereocenters. The van der Waals surface area contributed by atoms with Crippen molar-refractivity contribution in [2.75, 3.05) is 6.61 Å². The molecule has 110 valence electrons. The lowest BCUT2D eigenvalue weighted by molar-refractivity contribution is 0.111. The predicted molar refractivity (Wildman–Crippen MR) is 83.1 cm³/mol. The van der Waals surface area contributed by atoms with Crippen molar-refractivity contribution in [3.63, 3.8) is 0 Å². The number of carbonyl (C=O) groups is 1. The maximum atomic E-state index is 11.1. The molecule has 0 N–H and O–H groups in total. The van der Waals surface area contributed by atoms with Crippen LogP contribution in [0.15, 0.2) is 42.5 Å². The Balaban J connectivity index is 2.11. The van der Waals surface area contributed by atoms with Crippen molar-refractivity contribution in [3.05, 3.63) is 59.2 Å². The number of carbonyl (C=O) groups excluding carboxylic acids is 1. The average molecular weight is 284 g/mol. The van der Waals surface area contributed by atoms with Crippen molar-refractivity contribution in [3.8, 4) is 11.5 Å². The van der Waals surface area contributed by atoms with E-state index in [1.54, 1.807) is 18.2 Å². The van der Waals surface area contributed by atoms with Gasteiger partial charge < -0.3 is 9.47 Å². The molecular formula is C18H20O3. The third kappa shape index (κ3) is 4.35. The number of aldehydes is 1. The fraction of sp³-hybridized carbons (Fsp3) is 0.278. The first-order chi connectivity index (χ1) is 10.2. The Bertz CT molecular complexity index is 605. The highest BCUT2D eigenvalue weighted by Gasteiger charge is 2.06. The zero-order valence-electron chi connectivity index (χ0n) is 12.5. The maximum absolute atomic E-state index is 11.1. The fourth-order valence-corrected chi connectivity index (χ4v) is 2.01. The number of aryl methyl sites for hydroxylation is 1. The van der Waals surface area contributed by atoms with E-state index in [-0.39, 0.29) is 0 Å². The SMILES string of the molecule is CCCOc1ccc(C=O)c(OCc2cccc(C)c2)c1. The van der Waals surface area contributed by atoms with Crippen molar-refractivity contribution in [2.24, 2.45) is 0 Å². The molecule has 0 heterocycles. The number of benzene rings is 2. The van der Waals surface area contributed by atoms with Gasteiger partial charge in [0.1, 0.15) is 18.1 Å². The van der Waals surface area contributed by atoms with Crippen LogP contribution in [0.3, 0.4) is 0 Å². The Morgan fingerprint density at radius 2 is 1.95 bits per heavy atom. The van der Waals surface area contributed by atoms with Gasteiger partial charge in [-0.15, -0.1) is 0 Å². The van der Waals surface area contributed by atoms with Crippen LogP contribution in [0.5, 0.6) is 11.5 Å². The molecule has 2 aromatic rings. The van der Waals surface area contributed by atoms with Gasteiger partial charge in [-0.2, -0.15) is 0 Å². The summed E-state index contributed by atoms with van der Waals surface area (Å²) in [7, 11) is 0. The average Bonchev–Trinajstić information content (AvgIpc) is 2.51. The van der Waals surface area contributed by atoms with Crippen LogP contribution < -0.4 is 9.47 Å². The Kier molecular flexibility index (Phi) is 5.38. The summed E-state index contributed by atoms with van der Waals surface area (Å²) in [5.74, 6) is 1.28. The van der Waals surface area contributed by atoms with E-state index < -0.39 is 0 Å². The highest BCUT2D eigenvalue weighted by molar-refractivity contribution is 5.79. The molecule has 21 heavy (non-hydrogen) atoms. The molecule has 0 aliphatic rings. The summed E-state index contributed by atoms with van der Waals surface area (Å²) in [4.78, 5) is 11.1. The molecule has 0 amide bonds. The minimum absolute atomic E-state index is 0.430. The molecule has 0 atom stereocenters. The van der Waals surface area contributed by atoms with Gasteiger partial charge in [-0.25, -0.2) is 0 Å². The van der Waals surface area contributed by atoms with Gasteiger partial charge in [-0.05, 0) is 31.0 Å². The topological polar surface area (TPSA) is 35.5 Å². The largest absolute Gasteiger partial charge is 0.493 e. The molecule has 2 aromatic carbocycles. The van der Waals surface area contributed by atoms with Gasteiger partial charge in [-0.1, -0.05) is 36.8 Å². The van der Waals surface area contributed by atoms with Gasteiger partial charge in [0.05, 0.1) is 12.2 Å². The van der Waals surface area contributed by atoms with Gasteiger partial charge >= 0.3 is 0 Å². The lowest BCUT2D eigenvalue weighted by Crippen LogP contribution is -2.00. The number of hydrogen-bond donors (Lipinski definition) is 0. The van der Waals surface area contributed by atoms with Gasteiger partial charge in [-0.3, -0.25) is 4.79 Å². The first kappa shape index (κ1) is 15.1. The van der Waals surface area contributed by atoms with E-state index in [2.05, 4.69) is 13.0 Å². The molecule has 3 heteroatoms. The third-order valence-corrected chi connectivity index (χ3v) is 3.06. The monoisotopic (exact) mass is 284 g/mol. The van der Waals surface area contributed by atoms with Crippen LogP contribution >= 0.6 is 0 Å². The summed E-state index contributed by atoms with van der Waals surface area (Å²) < 4.78 is 11.3. The van der Waals surface area contributed by atoms with Crippen LogP contribution in [0, 0.1) is 6.92 Å². The normalized spacial score (nSPS) is 10.2. The minimum atomic E-state index is 0.430. The molecule has 0 radical (unpaired) electrons. The van der Waals surface area contributed by atoms with E-state index in [1.165, 1.54) is 5.56 Å². The molecule has 2 rings (SSSR count). The van der Waals surface area contributed by atoms with Crippen LogP contribution in [0.4, 0.5) is 0 Å². The lowest BCUT2D eigenvalue weighted by atomic mass is 10.1. The van der Waals surface area contributed by atoms with Crippen LogP contribution in [0.2, 0.25) is 0 Å². The highest BCUT2D eigenvalue weighted by Crippen LogP contribution is 2.25. The summed E-state index contributed by atoms with van der Waals surface area (Å²) in [6.07, 6.45) is 1.74. The third-order valence-electron chi connectivity index (χ3n) is 3.06. The van der Waals surface area contributed by atoms with E-state index in [0.717, 1.165) is 24.0 Å². The van der Waals surface area contributed by atoms with Crippen molar-refractivity contribution in [1.82, 2.24) is 0 Å². The van der Waals surface area contributed by atoms with Crippen LogP contribution in [0.25, 0.3) is 0 Å². The molecule has 0 saturated carbocycles. The molecule has 0 bridgehead atoms. The summed E-state index contributed by atoms with van der Waals surface area (Å²) in [5, 5.41) is 0. The van der Waals surface area contributed by atoms with Crippen molar-refractivity contribution >= 4 is 6.29 Å². The van der Waals surface area contributed by atoms with E-state index in [1.807, 2.05) is 25.1 Å². The predicted octanol–water partition coefficient (Wildman–Crippen LogP) is 4.18. The van der Waals surface area contributed by atoms with Crippen LogP contribution in [0.1, 0.15) is 34.8 Å². The summed E-state index contributed by atoms with van der Waals surface area (Å²) in [6, 6.07) is 13.4. The van der Waals surface area contributed by atoms with E-state index in [4.69, 9.17) is 9.47 Å². The standard InChI is InChI=1S/C18H20O3/c1-3-9-20-17-8-7-16(12-19)18(11-17)21-13-15-6-4-5-14(2)10-15/h4-8,10-12H,3,9,13H2,1-2H3. The zero-order chi connectivity index (χ0) is 15.1. The molecular weight excluding hydrogens is 264 g/mol. The van der Waals surface area contributed by atoms with Gasteiger partial charge in [0, 0.05) is 6.07 Å². The zero-order valence-corrected chi connectivity index (χ0v) is 12.5. The molecule has 0 saturated heterocycles. The summed E-state index contributed by atoms with van der Waals surface area (Å²) >= 11 is 0. The van der Waals surface area contributed by atoms with Crippen LogP contribution in [-0.2, 0) is 6.61 Å². The lowest BCUT2D eigenvalue weighted by Gasteiger charge is -2.11.